The zero-order chi connectivity index (χ0) is 13.0. The number of carbonyl (C=O) groups is 1. The Morgan fingerprint density at radius 2 is 2.11 bits per heavy atom. The smallest absolute Gasteiger partial charge is 0.266 e. The summed E-state index contributed by atoms with van der Waals surface area (Å²) >= 11 is 0. The highest BCUT2D eigenvalue weighted by molar-refractivity contribution is 5.93. The average molecular weight is 250 g/mol. The first-order valence-corrected chi connectivity index (χ1v) is 5.28. The van der Waals surface area contributed by atoms with E-state index in [0.29, 0.717) is 11.6 Å². The molecule has 0 saturated heterocycles. The summed E-state index contributed by atoms with van der Waals surface area (Å²) < 4.78 is 22.6. The van der Waals surface area contributed by atoms with E-state index < -0.39 is 6.10 Å². The van der Waals surface area contributed by atoms with Crippen LogP contribution < -0.4 is 10.1 Å². The minimum atomic E-state index is -0.729. The Bertz CT molecular complexity index is 511. The highest BCUT2D eigenvalue weighted by atomic mass is 19.1. The maximum absolute atomic E-state index is 12.7. The molecule has 2 aromatic rings. The van der Waals surface area contributed by atoms with Crippen molar-refractivity contribution in [2.24, 2.45) is 0 Å². The molecule has 0 bridgehead atoms. The summed E-state index contributed by atoms with van der Waals surface area (Å²) in [6, 6.07) is 6.95. The van der Waals surface area contributed by atoms with Crippen molar-refractivity contribution < 1.29 is 18.4 Å². The highest BCUT2D eigenvalue weighted by Gasteiger charge is 2.15. The third kappa shape index (κ3) is 3.07. The Kier molecular flexibility index (Phi) is 3.57. The largest absolute Gasteiger partial charge is 0.481 e. The lowest BCUT2D eigenvalue weighted by molar-refractivity contribution is -0.122. The molecule has 18 heavy (non-hydrogen) atoms. The van der Waals surface area contributed by atoms with Crippen molar-refractivity contribution in [2.75, 3.05) is 5.32 Å². The van der Waals surface area contributed by atoms with Crippen LogP contribution in [0.15, 0.2) is 41.1 Å². The van der Waals surface area contributed by atoms with E-state index in [1.54, 1.807) is 6.92 Å². The molecule has 1 amide bonds. The number of halogens is 1. The van der Waals surface area contributed by atoms with E-state index >= 15 is 0 Å². The molecule has 0 aliphatic heterocycles. The number of hydrogen-bond acceptors (Lipinski definition) is 4. The van der Waals surface area contributed by atoms with Crippen molar-refractivity contribution in [3.05, 3.63) is 42.4 Å². The second-order valence-corrected chi connectivity index (χ2v) is 3.59. The van der Waals surface area contributed by atoms with Crippen LogP contribution in [0.4, 0.5) is 10.2 Å². The Morgan fingerprint density at radius 3 is 2.72 bits per heavy atom. The third-order valence-electron chi connectivity index (χ3n) is 2.18. The van der Waals surface area contributed by atoms with E-state index in [-0.39, 0.29) is 11.7 Å². The minimum absolute atomic E-state index is 0.314. The lowest BCUT2D eigenvalue weighted by Gasteiger charge is -2.13. The summed E-state index contributed by atoms with van der Waals surface area (Å²) in [5.74, 6) is 0.00374. The number of carbonyl (C=O) groups excluding carboxylic acids is 1. The van der Waals surface area contributed by atoms with Gasteiger partial charge in [0.15, 0.2) is 11.9 Å². The molecule has 1 heterocycles. The van der Waals surface area contributed by atoms with Crippen LogP contribution in [0.3, 0.4) is 0 Å². The van der Waals surface area contributed by atoms with Crippen molar-refractivity contribution in [1.82, 2.24) is 5.16 Å². The molecular formula is C12H11FN2O3. The molecule has 6 heteroatoms. The second kappa shape index (κ2) is 5.31. The summed E-state index contributed by atoms with van der Waals surface area (Å²) in [6.45, 7) is 1.58. The van der Waals surface area contributed by atoms with Gasteiger partial charge in [-0.15, -0.1) is 0 Å². The Balaban J connectivity index is 1.93. The third-order valence-corrected chi connectivity index (χ3v) is 2.18. The maximum atomic E-state index is 12.7. The standard InChI is InChI=1S/C12H11FN2O3/c1-8(12(16)14-11-6-7-17-15-11)18-10-4-2-9(13)3-5-10/h2-8H,1H3,(H,14,15,16)/t8-/m0/s1. The molecule has 0 unspecified atom stereocenters. The van der Waals surface area contributed by atoms with Crippen molar-refractivity contribution in [3.8, 4) is 5.75 Å². The number of amides is 1. The van der Waals surface area contributed by atoms with Crippen LogP contribution in [0.5, 0.6) is 5.75 Å². The molecule has 94 valence electrons. The molecule has 2 rings (SSSR count). The zero-order valence-electron chi connectivity index (χ0n) is 9.59. The fraction of sp³-hybridized carbons (Fsp3) is 0.167. The van der Waals surface area contributed by atoms with Crippen LogP contribution in [-0.4, -0.2) is 17.2 Å². The van der Waals surface area contributed by atoms with Crippen LogP contribution in [0.2, 0.25) is 0 Å². The van der Waals surface area contributed by atoms with Crippen LogP contribution in [-0.2, 0) is 4.79 Å². The summed E-state index contributed by atoms with van der Waals surface area (Å²) in [5.41, 5.74) is 0. The van der Waals surface area contributed by atoms with Crippen LogP contribution in [0.1, 0.15) is 6.92 Å². The van der Waals surface area contributed by atoms with E-state index in [1.807, 2.05) is 0 Å². The molecule has 5 nitrogen and oxygen atoms in total. The van der Waals surface area contributed by atoms with Crippen molar-refractivity contribution in [3.63, 3.8) is 0 Å². The topological polar surface area (TPSA) is 64.4 Å². The first-order chi connectivity index (χ1) is 8.65. The van der Waals surface area contributed by atoms with Gasteiger partial charge < -0.3 is 14.6 Å². The van der Waals surface area contributed by atoms with Crippen molar-refractivity contribution in [2.45, 2.75) is 13.0 Å². The SMILES string of the molecule is C[C@H](Oc1ccc(F)cc1)C(=O)Nc1ccon1. The van der Waals surface area contributed by atoms with Crippen molar-refractivity contribution in [1.29, 1.82) is 0 Å². The quantitative estimate of drug-likeness (QED) is 0.903. The van der Waals surface area contributed by atoms with E-state index in [1.165, 1.54) is 36.6 Å². The van der Waals surface area contributed by atoms with Gasteiger partial charge in [0, 0.05) is 6.07 Å². The molecule has 0 saturated carbocycles. The van der Waals surface area contributed by atoms with Gasteiger partial charge in [-0.2, -0.15) is 0 Å². The Hall–Kier alpha value is -2.37. The zero-order valence-corrected chi connectivity index (χ0v) is 9.59. The summed E-state index contributed by atoms with van der Waals surface area (Å²) in [6.07, 6.45) is 0.619. The first-order valence-electron chi connectivity index (χ1n) is 5.28. The predicted octanol–water partition coefficient (Wildman–Crippen LogP) is 2.22. The van der Waals surface area contributed by atoms with Crippen LogP contribution in [0, 0.1) is 5.82 Å². The molecule has 0 aliphatic carbocycles. The fourth-order valence-corrected chi connectivity index (χ4v) is 1.28. The van der Waals surface area contributed by atoms with Gasteiger partial charge in [-0.3, -0.25) is 4.79 Å². The van der Waals surface area contributed by atoms with Gasteiger partial charge in [0.2, 0.25) is 0 Å². The molecule has 1 N–H and O–H groups in total. The number of hydrogen-bond donors (Lipinski definition) is 1. The molecule has 1 atom stereocenters. The maximum Gasteiger partial charge on any atom is 0.266 e. The van der Waals surface area contributed by atoms with Gasteiger partial charge in [0.25, 0.3) is 5.91 Å². The first kappa shape index (κ1) is 12.1. The summed E-state index contributed by atoms with van der Waals surface area (Å²) in [4.78, 5) is 11.7. The Morgan fingerprint density at radius 1 is 1.39 bits per heavy atom. The van der Waals surface area contributed by atoms with E-state index in [4.69, 9.17) is 4.74 Å². The fourth-order valence-electron chi connectivity index (χ4n) is 1.28. The number of aromatic nitrogens is 1. The number of nitrogens with zero attached hydrogens (tertiary/aromatic N) is 1. The molecule has 1 aromatic carbocycles. The van der Waals surface area contributed by atoms with E-state index in [2.05, 4.69) is 15.0 Å². The number of ether oxygens (including phenoxy) is 1. The van der Waals surface area contributed by atoms with Gasteiger partial charge >= 0.3 is 0 Å². The van der Waals surface area contributed by atoms with E-state index in [0.717, 1.165) is 0 Å². The monoisotopic (exact) mass is 250 g/mol. The average Bonchev–Trinajstić information content (AvgIpc) is 2.85. The van der Waals surface area contributed by atoms with Crippen LogP contribution in [0.25, 0.3) is 0 Å². The molecule has 0 radical (unpaired) electrons. The second-order valence-electron chi connectivity index (χ2n) is 3.59. The number of anilines is 1. The van der Waals surface area contributed by atoms with E-state index in [9.17, 15) is 9.18 Å². The predicted molar refractivity (Wildman–Crippen MR) is 61.6 cm³/mol. The van der Waals surface area contributed by atoms with Gasteiger partial charge in [-0.25, -0.2) is 4.39 Å². The van der Waals surface area contributed by atoms with Gasteiger partial charge in [0.05, 0.1) is 0 Å². The van der Waals surface area contributed by atoms with Crippen LogP contribution >= 0.6 is 0 Å². The summed E-state index contributed by atoms with van der Waals surface area (Å²) in [7, 11) is 0. The Labute approximate surface area is 103 Å². The van der Waals surface area contributed by atoms with Gasteiger partial charge in [-0.1, -0.05) is 5.16 Å². The number of rotatable bonds is 4. The normalized spacial score (nSPS) is 11.9. The molecule has 1 aromatic heterocycles. The number of benzene rings is 1. The molecule has 0 fully saturated rings. The molecular weight excluding hydrogens is 239 g/mol. The number of nitrogens with one attached hydrogen (secondary N) is 1. The molecule has 0 aliphatic rings. The highest BCUT2D eigenvalue weighted by Crippen LogP contribution is 2.13. The van der Waals surface area contributed by atoms with Crippen molar-refractivity contribution >= 4 is 11.7 Å². The van der Waals surface area contributed by atoms with Gasteiger partial charge in [-0.05, 0) is 31.2 Å². The molecule has 0 spiro atoms. The lowest BCUT2D eigenvalue weighted by atomic mass is 10.3. The summed E-state index contributed by atoms with van der Waals surface area (Å²) in [5, 5.41) is 6.06. The van der Waals surface area contributed by atoms with Gasteiger partial charge in [0.1, 0.15) is 17.8 Å². The lowest BCUT2D eigenvalue weighted by Crippen LogP contribution is -2.30. The minimum Gasteiger partial charge on any atom is -0.481 e.